The third-order valence-electron chi connectivity index (χ3n) is 2.50. The highest BCUT2D eigenvalue weighted by atomic mass is 35.5. The molecule has 0 aliphatic heterocycles. The number of halogens is 1. The maximum Gasteiger partial charge on any atom is 0.102 e. The molecule has 0 aromatic carbocycles. The predicted molar refractivity (Wildman–Crippen MR) is 58.4 cm³/mol. The molecule has 1 unspecified atom stereocenters. The van der Waals surface area contributed by atoms with Crippen molar-refractivity contribution in [1.82, 2.24) is 0 Å². The largest absolute Gasteiger partial charge is 0.384 e. The first kappa shape index (κ1) is 11.0. The maximum absolute atomic E-state index is 10.4. The fourth-order valence-electron chi connectivity index (χ4n) is 1.43. The second-order valence-electron chi connectivity index (χ2n) is 3.53. The van der Waals surface area contributed by atoms with Crippen LogP contribution >= 0.6 is 22.9 Å². The van der Waals surface area contributed by atoms with Crippen LogP contribution in [0.25, 0.3) is 0 Å². The Morgan fingerprint density at radius 3 is 2.54 bits per heavy atom. The molecule has 1 N–H and O–H groups in total. The van der Waals surface area contributed by atoms with Crippen molar-refractivity contribution in [2.75, 3.05) is 0 Å². The molecule has 0 bridgehead atoms. The minimum atomic E-state index is -0.759. The lowest BCUT2D eigenvalue weighted by Gasteiger charge is -2.30. The van der Waals surface area contributed by atoms with Gasteiger partial charge in [0, 0.05) is 0 Å². The van der Waals surface area contributed by atoms with Crippen molar-refractivity contribution in [3.8, 4) is 0 Å². The molecule has 0 radical (unpaired) electrons. The van der Waals surface area contributed by atoms with Gasteiger partial charge in [0.15, 0.2) is 0 Å². The Labute approximate surface area is 88.4 Å². The van der Waals surface area contributed by atoms with Crippen molar-refractivity contribution in [3.63, 3.8) is 0 Å². The van der Waals surface area contributed by atoms with Gasteiger partial charge in [-0.2, -0.15) is 0 Å². The topological polar surface area (TPSA) is 20.2 Å². The Bertz CT molecular complexity index is 282. The van der Waals surface area contributed by atoms with Crippen LogP contribution in [0.3, 0.4) is 0 Å². The molecule has 1 heterocycles. The van der Waals surface area contributed by atoms with Crippen molar-refractivity contribution < 1.29 is 5.11 Å². The molecule has 74 valence electrons. The van der Waals surface area contributed by atoms with Gasteiger partial charge in [0.2, 0.25) is 0 Å². The summed E-state index contributed by atoms with van der Waals surface area (Å²) in [6, 6.07) is 1.84. The van der Waals surface area contributed by atoms with Crippen molar-refractivity contribution in [2.24, 2.45) is 5.92 Å². The lowest BCUT2D eigenvalue weighted by atomic mass is 9.86. The van der Waals surface area contributed by atoms with Gasteiger partial charge in [0.05, 0.1) is 9.90 Å². The molecule has 0 aliphatic rings. The number of hydrogen-bond donors (Lipinski definition) is 1. The van der Waals surface area contributed by atoms with E-state index in [1.54, 1.807) is 0 Å². The number of aliphatic hydroxyl groups is 1. The van der Waals surface area contributed by atoms with E-state index in [1.807, 2.05) is 32.2 Å². The minimum Gasteiger partial charge on any atom is -0.384 e. The predicted octanol–water partition coefficient (Wildman–Crippen LogP) is 3.66. The monoisotopic (exact) mass is 218 g/mol. The van der Waals surface area contributed by atoms with E-state index < -0.39 is 5.60 Å². The van der Waals surface area contributed by atoms with Crippen LogP contribution in [0.4, 0.5) is 0 Å². The Morgan fingerprint density at radius 2 is 2.23 bits per heavy atom. The van der Waals surface area contributed by atoms with Gasteiger partial charge in [-0.05, 0) is 23.8 Å². The normalized spacial score (nSPS) is 16.2. The summed E-state index contributed by atoms with van der Waals surface area (Å²) in [5.74, 6) is 0.189. The van der Waals surface area contributed by atoms with Crippen LogP contribution in [0.5, 0.6) is 0 Å². The Kier molecular flexibility index (Phi) is 3.38. The summed E-state index contributed by atoms with van der Waals surface area (Å²) < 4.78 is 0. The molecule has 1 aromatic heterocycles. The van der Waals surface area contributed by atoms with Crippen LogP contribution in [0.1, 0.15) is 32.1 Å². The average molecular weight is 219 g/mol. The van der Waals surface area contributed by atoms with E-state index >= 15 is 0 Å². The van der Waals surface area contributed by atoms with Crippen molar-refractivity contribution >= 4 is 22.9 Å². The van der Waals surface area contributed by atoms with Gasteiger partial charge in [-0.1, -0.05) is 32.4 Å². The summed E-state index contributed by atoms with van der Waals surface area (Å²) in [7, 11) is 0. The van der Waals surface area contributed by atoms with Crippen LogP contribution in [0.2, 0.25) is 5.02 Å². The van der Waals surface area contributed by atoms with Gasteiger partial charge in [0.25, 0.3) is 0 Å². The van der Waals surface area contributed by atoms with E-state index in [9.17, 15) is 5.11 Å². The average Bonchev–Trinajstić information content (AvgIpc) is 2.50. The van der Waals surface area contributed by atoms with Crippen molar-refractivity contribution in [3.05, 3.63) is 21.3 Å². The van der Waals surface area contributed by atoms with Gasteiger partial charge >= 0.3 is 0 Å². The van der Waals surface area contributed by atoms with Gasteiger partial charge in [-0.15, -0.1) is 11.3 Å². The second kappa shape index (κ2) is 3.99. The van der Waals surface area contributed by atoms with Gasteiger partial charge < -0.3 is 5.11 Å². The van der Waals surface area contributed by atoms with Crippen molar-refractivity contribution in [1.29, 1.82) is 0 Å². The molecule has 0 saturated carbocycles. The zero-order valence-corrected chi connectivity index (χ0v) is 9.75. The molecule has 13 heavy (non-hydrogen) atoms. The van der Waals surface area contributed by atoms with E-state index in [4.69, 9.17) is 11.6 Å². The van der Waals surface area contributed by atoms with E-state index in [0.29, 0.717) is 11.4 Å². The Balaban J connectivity index is 3.10. The molecule has 0 fully saturated rings. The first-order valence-corrected chi connectivity index (χ1v) is 5.74. The Morgan fingerprint density at radius 1 is 1.62 bits per heavy atom. The molecule has 1 atom stereocenters. The maximum atomic E-state index is 10.4. The molecule has 0 spiro atoms. The van der Waals surface area contributed by atoms with E-state index in [-0.39, 0.29) is 5.92 Å². The van der Waals surface area contributed by atoms with Crippen LogP contribution in [-0.4, -0.2) is 5.11 Å². The first-order valence-electron chi connectivity index (χ1n) is 4.48. The standard InChI is InChI=1S/C10H15ClOS/c1-4-10(12,7(2)3)9-8(11)5-6-13-9/h5-7,12H,4H2,1-3H3. The van der Waals surface area contributed by atoms with Gasteiger partial charge in [-0.3, -0.25) is 0 Å². The minimum absolute atomic E-state index is 0.189. The lowest BCUT2D eigenvalue weighted by Crippen LogP contribution is -2.30. The third kappa shape index (κ3) is 1.90. The molecule has 1 rings (SSSR count). The zero-order valence-electron chi connectivity index (χ0n) is 8.17. The third-order valence-corrected chi connectivity index (χ3v) is 4.01. The molecule has 0 saturated heterocycles. The summed E-state index contributed by atoms with van der Waals surface area (Å²) in [4.78, 5) is 0.895. The molecule has 1 nitrogen and oxygen atoms in total. The van der Waals surface area contributed by atoms with Gasteiger partial charge in [0.1, 0.15) is 5.60 Å². The van der Waals surface area contributed by atoms with E-state index in [1.165, 1.54) is 11.3 Å². The molecule has 1 aromatic rings. The highest BCUT2D eigenvalue weighted by molar-refractivity contribution is 7.10. The molecule has 0 aliphatic carbocycles. The summed E-state index contributed by atoms with van der Waals surface area (Å²) >= 11 is 7.52. The highest BCUT2D eigenvalue weighted by Crippen LogP contribution is 2.40. The van der Waals surface area contributed by atoms with Crippen LogP contribution in [0.15, 0.2) is 11.4 Å². The summed E-state index contributed by atoms with van der Waals surface area (Å²) in [6.45, 7) is 6.01. The Hall–Kier alpha value is -0.0500. The summed E-state index contributed by atoms with van der Waals surface area (Å²) in [5, 5.41) is 13.0. The highest BCUT2D eigenvalue weighted by Gasteiger charge is 2.33. The summed E-state index contributed by atoms with van der Waals surface area (Å²) in [6.07, 6.45) is 0.699. The molecular weight excluding hydrogens is 204 g/mol. The molecule has 3 heteroatoms. The van der Waals surface area contributed by atoms with Crippen LogP contribution in [0, 0.1) is 5.92 Å². The fourth-order valence-corrected chi connectivity index (χ4v) is 2.97. The number of thiophene rings is 1. The quantitative estimate of drug-likeness (QED) is 0.821. The SMILES string of the molecule is CCC(O)(c1sccc1Cl)C(C)C. The fraction of sp³-hybridized carbons (Fsp3) is 0.600. The number of hydrogen-bond acceptors (Lipinski definition) is 2. The van der Waals surface area contributed by atoms with Crippen LogP contribution < -0.4 is 0 Å². The first-order chi connectivity index (χ1) is 6.02. The zero-order chi connectivity index (χ0) is 10.1. The van der Waals surface area contributed by atoms with Crippen LogP contribution in [-0.2, 0) is 5.60 Å². The second-order valence-corrected chi connectivity index (χ2v) is 4.85. The van der Waals surface area contributed by atoms with E-state index in [2.05, 4.69) is 0 Å². The smallest absolute Gasteiger partial charge is 0.102 e. The lowest BCUT2D eigenvalue weighted by molar-refractivity contribution is -0.0104. The molecule has 0 amide bonds. The molecular formula is C10H15ClOS. The van der Waals surface area contributed by atoms with Gasteiger partial charge in [-0.25, -0.2) is 0 Å². The van der Waals surface area contributed by atoms with Crippen molar-refractivity contribution in [2.45, 2.75) is 32.8 Å². The summed E-state index contributed by atoms with van der Waals surface area (Å²) in [5.41, 5.74) is -0.759. The van der Waals surface area contributed by atoms with E-state index in [0.717, 1.165) is 4.88 Å². The number of rotatable bonds is 3.